The number of hydrogen-bond donors (Lipinski definition) is 1. The summed E-state index contributed by atoms with van der Waals surface area (Å²) in [6.45, 7) is 4.32. The summed E-state index contributed by atoms with van der Waals surface area (Å²) in [6, 6.07) is 1.81. The Kier molecular flexibility index (Phi) is 5.93. The summed E-state index contributed by atoms with van der Waals surface area (Å²) in [6.07, 6.45) is 2.41. The third-order valence-electron chi connectivity index (χ3n) is 4.60. The molecule has 2 heterocycles. The number of pyridine rings is 1. The average Bonchev–Trinajstić information content (AvgIpc) is 2.63. The van der Waals surface area contributed by atoms with Crippen molar-refractivity contribution in [1.82, 2.24) is 15.0 Å². The van der Waals surface area contributed by atoms with E-state index in [1.165, 1.54) is 12.4 Å². The van der Waals surface area contributed by atoms with Crippen LogP contribution in [-0.2, 0) is 4.79 Å². The van der Waals surface area contributed by atoms with Crippen LogP contribution in [0.4, 0.5) is 14.6 Å². The highest BCUT2D eigenvalue weighted by Gasteiger charge is 2.39. The second-order valence-corrected chi connectivity index (χ2v) is 6.54. The molecule has 2 aromatic heterocycles. The summed E-state index contributed by atoms with van der Waals surface area (Å²) >= 11 is 0. The highest BCUT2D eigenvalue weighted by molar-refractivity contribution is 5.92. The predicted molar refractivity (Wildman–Crippen MR) is 96.9 cm³/mol. The van der Waals surface area contributed by atoms with Gasteiger partial charge in [-0.25, -0.2) is 18.7 Å². The van der Waals surface area contributed by atoms with Crippen LogP contribution in [-0.4, -0.2) is 39.8 Å². The van der Waals surface area contributed by atoms with Crippen LogP contribution in [0.1, 0.15) is 31.7 Å². The number of halogens is 2. The molecule has 3 rings (SSSR count). The van der Waals surface area contributed by atoms with Crippen molar-refractivity contribution in [2.75, 3.05) is 11.9 Å². The van der Waals surface area contributed by atoms with Gasteiger partial charge in [-0.1, -0.05) is 0 Å². The number of hydrogen-bond acceptors (Lipinski definition) is 5. The zero-order valence-corrected chi connectivity index (χ0v) is 15.3. The maximum Gasteiger partial charge on any atom is 0.234 e. The smallest absolute Gasteiger partial charge is 0.234 e. The molecule has 0 saturated heterocycles. The minimum Gasteiger partial charge on any atom is -0.478 e. The van der Waals surface area contributed by atoms with Gasteiger partial charge < -0.3 is 10.1 Å². The fourth-order valence-corrected chi connectivity index (χ4v) is 3.19. The van der Waals surface area contributed by atoms with E-state index in [4.69, 9.17) is 4.74 Å². The van der Waals surface area contributed by atoms with Crippen molar-refractivity contribution in [3.8, 4) is 17.1 Å². The van der Waals surface area contributed by atoms with E-state index in [1.54, 1.807) is 6.20 Å². The summed E-state index contributed by atoms with van der Waals surface area (Å²) in [4.78, 5) is 24.8. The van der Waals surface area contributed by atoms with Crippen molar-refractivity contribution in [3.63, 3.8) is 0 Å². The van der Waals surface area contributed by atoms with E-state index in [9.17, 15) is 13.6 Å². The largest absolute Gasteiger partial charge is 0.478 e. The van der Waals surface area contributed by atoms with Gasteiger partial charge in [0.15, 0.2) is 5.82 Å². The van der Waals surface area contributed by atoms with E-state index in [2.05, 4.69) is 20.3 Å². The molecule has 1 saturated carbocycles. The Balaban J connectivity index is 1.71. The lowest BCUT2D eigenvalue weighted by molar-refractivity contribution is -0.125. The van der Waals surface area contributed by atoms with E-state index < -0.39 is 24.2 Å². The molecule has 6 nitrogen and oxygen atoms in total. The Hall–Kier alpha value is -2.64. The number of aryl methyl sites for hydroxylation is 1. The van der Waals surface area contributed by atoms with Crippen LogP contribution in [0.15, 0.2) is 24.7 Å². The van der Waals surface area contributed by atoms with Gasteiger partial charge in [-0.2, -0.15) is 0 Å². The highest BCUT2D eigenvalue weighted by atomic mass is 19.1. The van der Waals surface area contributed by atoms with Crippen molar-refractivity contribution < 1.29 is 18.3 Å². The third kappa shape index (κ3) is 4.37. The molecule has 1 aliphatic rings. The van der Waals surface area contributed by atoms with Crippen molar-refractivity contribution >= 4 is 11.7 Å². The van der Waals surface area contributed by atoms with Gasteiger partial charge in [0, 0.05) is 17.8 Å². The van der Waals surface area contributed by atoms with Gasteiger partial charge in [-0.05, 0) is 38.7 Å². The number of aromatic nitrogens is 3. The van der Waals surface area contributed by atoms with E-state index in [1.807, 2.05) is 19.9 Å². The first kappa shape index (κ1) is 19.1. The summed E-state index contributed by atoms with van der Waals surface area (Å²) in [5.41, 5.74) is 2.27. The van der Waals surface area contributed by atoms with Gasteiger partial charge in [0.05, 0.1) is 24.7 Å². The molecule has 1 aliphatic carbocycles. The Morgan fingerprint density at radius 1 is 1.19 bits per heavy atom. The first-order valence-electron chi connectivity index (χ1n) is 9.00. The van der Waals surface area contributed by atoms with E-state index >= 15 is 0 Å². The first-order chi connectivity index (χ1) is 13.0. The second-order valence-electron chi connectivity index (χ2n) is 6.54. The first-order valence-corrected chi connectivity index (χ1v) is 9.00. The molecule has 0 radical (unpaired) electrons. The average molecular weight is 376 g/mol. The molecule has 0 bridgehead atoms. The lowest BCUT2D eigenvalue weighted by Crippen LogP contribution is -2.40. The van der Waals surface area contributed by atoms with Crippen LogP contribution in [0.3, 0.4) is 0 Å². The van der Waals surface area contributed by atoms with E-state index in [0.29, 0.717) is 24.6 Å². The second kappa shape index (κ2) is 8.37. The summed E-state index contributed by atoms with van der Waals surface area (Å²) in [5, 5.41) is 2.46. The van der Waals surface area contributed by atoms with Crippen LogP contribution in [0.25, 0.3) is 11.3 Å². The van der Waals surface area contributed by atoms with Gasteiger partial charge in [-0.3, -0.25) is 9.78 Å². The summed E-state index contributed by atoms with van der Waals surface area (Å²) < 4.78 is 33.2. The van der Waals surface area contributed by atoms with Crippen LogP contribution in [0, 0.1) is 12.8 Å². The number of alkyl halides is 2. The van der Waals surface area contributed by atoms with Gasteiger partial charge >= 0.3 is 0 Å². The Labute approximate surface area is 156 Å². The highest BCUT2D eigenvalue weighted by Crippen LogP contribution is 2.30. The molecule has 0 spiro atoms. The number of nitrogens with one attached hydrogen (secondary N) is 1. The van der Waals surface area contributed by atoms with Crippen molar-refractivity contribution in [3.05, 3.63) is 30.2 Å². The number of ether oxygens (including phenoxy) is 1. The number of rotatable bonds is 5. The number of carbonyl (C=O) groups excluding carboxylic acids is 1. The molecule has 2 aromatic rings. The maximum absolute atomic E-state index is 13.9. The topological polar surface area (TPSA) is 77.0 Å². The number of amides is 1. The summed E-state index contributed by atoms with van der Waals surface area (Å²) in [5.74, 6) is -1.30. The fraction of sp³-hybridized carbons (Fsp3) is 0.474. The maximum atomic E-state index is 13.9. The lowest BCUT2D eigenvalue weighted by Gasteiger charge is -2.27. The molecule has 2 unspecified atom stereocenters. The van der Waals surface area contributed by atoms with Crippen LogP contribution in [0.5, 0.6) is 5.88 Å². The zero-order valence-electron chi connectivity index (χ0n) is 15.3. The monoisotopic (exact) mass is 376 g/mol. The van der Waals surface area contributed by atoms with Crippen molar-refractivity contribution in [1.29, 1.82) is 0 Å². The quantitative estimate of drug-likeness (QED) is 0.862. The molecule has 2 atom stereocenters. The molecule has 1 fully saturated rings. The Bertz CT molecular complexity index is 791. The van der Waals surface area contributed by atoms with Crippen molar-refractivity contribution in [2.45, 2.75) is 45.5 Å². The Morgan fingerprint density at radius 3 is 2.52 bits per heavy atom. The molecule has 1 N–H and O–H groups in total. The van der Waals surface area contributed by atoms with E-state index in [-0.39, 0.29) is 18.7 Å². The molecule has 8 heteroatoms. The molecule has 1 amide bonds. The fourth-order valence-electron chi connectivity index (χ4n) is 3.19. The van der Waals surface area contributed by atoms with Gasteiger partial charge in [0.1, 0.15) is 18.3 Å². The normalized spacial score (nSPS) is 22.3. The molecular weight excluding hydrogens is 354 g/mol. The van der Waals surface area contributed by atoms with Crippen LogP contribution in [0.2, 0.25) is 0 Å². The Morgan fingerprint density at radius 2 is 1.93 bits per heavy atom. The summed E-state index contributed by atoms with van der Waals surface area (Å²) in [7, 11) is 0. The van der Waals surface area contributed by atoms with Crippen LogP contribution >= 0.6 is 0 Å². The third-order valence-corrected chi connectivity index (χ3v) is 4.60. The minimum absolute atomic E-state index is 0.158. The molecular formula is C19H22F2N4O2. The number of nitrogens with zero attached hydrogens (tertiary/aromatic N) is 3. The minimum atomic E-state index is -1.47. The molecule has 27 heavy (non-hydrogen) atoms. The zero-order chi connectivity index (χ0) is 19.4. The van der Waals surface area contributed by atoms with Crippen LogP contribution < -0.4 is 10.1 Å². The molecule has 0 aromatic carbocycles. The number of anilines is 1. The molecule has 0 aliphatic heterocycles. The SMILES string of the molecule is CCOc1cc(C)c(-c2cnc(NC(=O)C3C(F)CCCC3F)cn2)cn1. The van der Waals surface area contributed by atoms with Gasteiger partial charge in [-0.15, -0.1) is 0 Å². The predicted octanol–water partition coefficient (Wildman–Crippen LogP) is 3.66. The van der Waals surface area contributed by atoms with Gasteiger partial charge in [0.25, 0.3) is 0 Å². The van der Waals surface area contributed by atoms with E-state index in [0.717, 1.165) is 11.1 Å². The van der Waals surface area contributed by atoms with Gasteiger partial charge in [0.2, 0.25) is 11.8 Å². The molecule has 144 valence electrons. The standard InChI is InChI=1S/C19H22F2N4O2/c1-3-27-17-7-11(2)12(8-24-17)15-9-23-16(10-22-15)25-19(26)18-13(20)5-4-6-14(18)21/h7-10,13-14,18H,3-6H2,1-2H3,(H,23,25,26). The van der Waals surface area contributed by atoms with Crippen molar-refractivity contribution in [2.24, 2.45) is 5.92 Å². The number of carbonyl (C=O) groups is 1. The lowest BCUT2D eigenvalue weighted by atomic mass is 9.85.